The van der Waals surface area contributed by atoms with Gasteiger partial charge in [0.15, 0.2) is 5.96 Å². The minimum absolute atomic E-state index is 0. The van der Waals surface area contributed by atoms with E-state index in [4.69, 9.17) is 14.1 Å². The molecule has 1 unspecified atom stereocenters. The molecule has 1 aliphatic carbocycles. The zero-order valence-electron chi connectivity index (χ0n) is 17.0. The maximum absolute atomic E-state index is 5.56. The second kappa shape index (κ2) is 11.4. The fourth-order valence-corrected chi connectivity index (χ4v) is 4.94. The molecule has 0 radical (unpaired) electrons. The highest BCUT2D eigenvalue weighted by atomic mass is 127. The van der Waals surface area contributed by atoms with Gasteiger partial charge in [0.05, 0.1) is 6.26 Å². The molecule has 0 amide bonds. The molecule has 3 fully saturated rings. The maximum atomic E-state index is 5.56. The molecule has 1 saturated carbocycles. The molecule has 0 aromatic carbocycles. The lowest BCUT2D eigenvalue weighted by atomic mass is 9.85. The molecule has 2 aliphatic heterocycles. The number of nitrogens with one attached hydrogen (secondary N) is 1. The van der Waals surface area contributed by atoms with Crippen LogP contribution < -0.4 is 5.32 Å². The molecule has 1 aromatic rings. The van der Waals surface area contributed by atoms with Crippen LogP contribution in [0.15, 0.2) is 27.8 Å². The predicted octanol–water partition coefficient (Wildman–Crippen LogP) is 4.47. The van der Waals surface area contributed by atoms with Crippen LogP contribution in [0.1, 0.15) is 57.1 Å². The summed E-state index contributed by atoms with van der Waals surface area (Å²) in [5, 5.41) is 3.82. The van der Waals surface area contributed by atoms with Gasteiger partial charge in [-0.25, -0.2) is 0 Å². The number of hydrogen-bond acceptors (Lipinski definition) is 3. The molecule has 0 spiro atoms. The lowest BCUT2D eigenvalue weighted by Gasteiger charge is -2.31. The van der Waals surface area contributed by atoms with Gasteiger partial charge in [-0.2, -0.15) is 0 Å². The van der Waals surface area contributed by atoms with E-state index in [9.17, 15) is 0 Å². The van der Waals surface area contributed by atoms with Crippen LogP contribution in [0.4, 0.5) is 0 Å². The van der Waals surface area contributed by atoms with E-state index in [1.807, 2.05) is 12.1 Å². The summed E-state index contributed by atoms with van der Waals surface area (Å²) in [6.45, 7) is 4.99. The summed E-state index contributed by atoms with van der Waals surface area (Å²) in [6.07, 6.45) is 13.1. The summed E-state index contributed by atoms with van der Waals surface area (Å²) in [5.74, 6) is 3.81. The van der Waals surface area contributed by atoms with Gasteiger partial charge in [0, 0.05) is 45.3 Å². The minimum Gasteiger partial charge on any atom is -0.469 e. The van der Waals surface area contributed by atoms with Gasteiger partial charge in [-0.15, -0.1) is 24.0 Å². The Morgan fingerprint density at radius 2 is 1.89 bits per heavy atom. The van der Waals surface area contributed by atoms with Gasteiger partial charge in [0.25, 0.3) is 0 Å². The number of aliphatic imine (C=N–C) groups is 1. The number of rotatable bonds is 5. The molecule has 1 atom stereocenters. The molecule has 4 rings (SSSR count). The Bertz CT molecular complexity index is 581. The second-order valence-electron chi connectivity index (χ2n) is 8.46. The van der Waals surface area contributed by atoms with E-state index in [-0.39, 0.29) is 24.0 Å². The van der Waals surface area contributed by atoms with Gasteiger partial charge in [-0.1, -0.05) is 19.3 Å². The number of halogens is 1. The van der Waals surface area contributed by atoms with E-state index in [2.05, 4.69) is 10.2 Å². The molecule has 6 heteroatoms. The number of likely N-dealkylation sites (tertiary alicyclic amines) is 1. The monoisotopic (exact) mass is 501 g/mol. The summed E-state index contributed by atoms with van der Waals surface area (Å²) < 4.78 is 11.0. The van der Waals surface area contributed by atoms with Gasteiger partial charge < -0.3 is 19.4 Å². The predicted molar refractivity (Wildman–Crippen MR) is 123 cm³/mol. The van der Waals surface area contributed by atoms with Gasteiger partial charge in [-0.05, 0) is 56.1 Å². The largest absolute Gasteiger partial charge is 0.469 e. The van der Waals surface area contributed by atoms with Crippen LogP contribution in [0.5, 0.6) is 0 Å². The first-order chi connectivity index (χ1) is 13.4. The Morgan fingerprint density at radius 3 is 2.64 bits per heavy atom. The van der Waals surface area contributed by atoms with Crippen molar-refractivity contribution in [1.29, 1.82) is 0 Å². The van der Waals surface area contributed by atoms with E-state index in [1.54, 1.807) is 6.26 Å². The number of hydrogen-bond donors (Lipinski definition) is 1. The van der Waals surface area contributed by atoms with E-state index < -0.39 is 0 Å². The van der Waals surface area contributed by atoms with E-state index in [1.165, 1.54) is 51.4 Å². The molecule has 1 aromatic heterocycles. The third-order valence-corrected chi connectivity index (χ3v) is 6.60. The van der Waals surface area contributed by atoms with Gasteiger partial charge in [-0.3, -0.25) is 4.99 Å². The Labute approximate surface area is 186 Å². The number of furan rings is 1. The molecule has 5 nitrogen and oxygen atoms in total. The first kappa shape index (κ1) is 21.9. The maximum Gasteiger partial charge on any atom is 0.194 e. The summed E-state index contributed by atoms with van der Waals surface area (Å²) in [7, 11) is 0. The highest BCUT2D eigenvalue weighted by molar-refractivity contribution is 14.0. The van der Waals surface area contributed by atoms with Crippen LogP contribution in [0.3, 0.4) is 0 Å². The van der Waals surface area contributed by atoms with Crippen LogP contribution in [0.25, 0.3) is 0 Å². The average Bonchev–Trinajstić information content (AvgIpc) is 3.41. The van der Waals surface area contributed by atoms with Crippen molar-refractivity contribution in [2.24, 2.45) is 16.8 Å². The van der Waals surface area contributed by atoms with Crippen molar-refractivity contribution in [3.8, 4) is 0 Å². The summed E-state index contributed by atoms with van der Waals surface area (Å²) in [6, 6.07) is 4.60. The molecule has 1 N–H and O–H groups in total. The molecule has 28 heavy (non-hydrogen) atoms. The number of ether oxygens (including phenoxy) is 1. The lowest BCUT2D eigenvalue weighted by Crippen LogP contribution is -2.46. The second-order valence-corrected chi connectivity index (χ2v) is 8.46. The zero-order valence-corrected chi connectivity index (χ0v) is 19.3. The van der Waals surface area contributed by atoms with E-state index >= 15 is 0 Å². The molecule has 2 saturated heterocycles. The first-order valence-corrected chi connectivity index (χ1v) is 11.0. The SMILES string of the molecule is I.c1coc(CCN=C(NC2CCCCC2)N2CCC(C3CCOCC3)C2)c1. The first-order valence-electron chi connectivity index (χ1n) is 11.0. The van der Waals surface area contributed by atoms with Crippen LogP contribution >= 0.6 is 24.0 Å². The normalized spacial score (nSPS) is 24.9. The van der Waals surface area contributed by atoms with Crippen LogP contribution in [0.2, 0.25) is 0 Å². The fourth-order valence-electron chi connectivity index (χ4n) is 4.94. The highest BCUT2D eigenvalue weighted by Crippen LogP contribution is 2.31. The fraction of sp³-hybridized carbons (Fsp3) is 0.773. The number of nitrogens with zero attached hydrogens (tertiary/aromatic N) is 2. The summed E-state index contributed by atoms with van der Waals surface area (Å²) >= 11 is 0. The molecule has 3 aliphatic rings. The van der Waals surface area contributed by atoms with Crippen LogP contribution in [0, 0.1) is 11.8 Å². The number of guanidine groups is 1. The molecule has 158 valence electrons. The Kier molecular flexibility index (Phi) is 8.96. The lowest BCUT2D eigenvalue weighted by molar-refractivity contribution is 0.0488. The third-order valence-electron chi connectivity index (χ3n) is 6.60. The van der Waals surface area contributed by atoms with Crippen molar-refractivity contribution in [3.05, 3.63) is 24.2 Å². The van der Waals surface area contributed by atoms with Gasteiger partial charge in [0.2, 0.25) is 0 Å². The zero-order chi connectivity index (χ0) is 18.3. The van der Waals surface area contributed by atoms with Crippen LogP contribution in [-0.4, -0.2) is 49.7 Å². The molecule has 0 bridgehead atoms. The molecule has 3 heterocycles. The van der Waals surface area contributed by atoms with E-state index in [0.717, 1.165) is 62.8 Å². The van der Waals surface area contributed by atoms with Gasteiger partial charge in [0.1, 0.15) is 5.76 Å². The highest BCUT2D eigenvalue weighted by Gasteiger charge is 2.32. The average molecular weight is 501 g/mol. The van der Waals surface area contributed by atoms with Crippen molar-refractivity contribution in [2.45, 2.75) is 63.8 Å². The van der Waals surface area contributed by atoms with Crippen molar-refractivity contribution in [2.75, 3.05) is 32.8 Å². The third kappa shape index (κ3) is 6.12. The van der Waals surface area contributed by atoms with Crippen molar-refractivity contribution in [3.63, 3.8) is 0 Å². The summed E-state index contributed by atoms with van der Waals surface area (Å²) in [5.41, 5.74) is 0. The smallest absolute Gasteiger partial charge is 0.194 e. The molecular formula is C22H36IN3O2. The Hall–Kier alpha value is -0.760. The topological polar surface area (TPSA) is 50.0 Å². The van der Waals surface area contributed by atoms with Crippen molar-refractivity contribution in [1.82, 2.24) is 10.2 Å². The standard InChI is InChI=1S/C22H35N3O2.HI/c1-2-5-20(6-3-1)24-22(23-12-8-21-7-4-14-27-21)25-13-9-19(17-25)18-10-15-26-16-11-18;/h4,7,14,18-20H,1-3,5-6,8-13,15-17H2,(H,23,24);1H. The van der Waals surface area contributed by atoms with Crippen LogP contribution in [-0.2, 0) is 11.2 Å². The van der Waals surface area contributed by atoms with Crippen molar-refractivity contribution < 1.29 is 9.15 Å². The van der Waals surface area contributed by atoms with Crippen molar-refractivity contribution >= 4 is 29.9 Å². The summed E-state index contributed by atoms with van der Waals surface area (Å²) in [4.78, 5) is 7.53. The van der Waals surface area contributed by atoms with Gasteiger partial charge >= 0.3 is 0 Å². The Balaban J connectivity index is 0.00000225. The minimum atomic E-state index is 0. The Morgan fingerprint density at radius 1 is 1.07 bits per heavy atom. The van der Waals surface area contributed by atoms with E-state index in [0.29, 0.717) is 6.04 Å². The quantitative estimate of drug-likeness (QED) is 0.368. The molecular weight excluding hydrogens is 465 g/mol.